The number of aryl methyl sites for hydroxylation is 1. The van der Waals surface area contributed by atoms with Gasteiger partial charge in [-0.05, 0) is 48.1 Å². The molecule has 0 atom stereocenters. The van der Waals surface area contributed by atoms with Crippen molar-refractivity contribution in [2.24, 2.45) is 0 Å². The Kier molecular flexibility index (Phi) is 6.35. The highest BCUT2D eigenvalue weighted by atomic mass is 32.1. The van der Waals surface area contributed by atoms with E-state index in [0.29, 0.717) is 18.7 Å². The Morgan fingerprint density at radius 1 is 1.04 bits per heavy atom. The molecule has 23 heavy (non-hydrogen) atoms. The maximum absolute atomic E-state index is 12.1. The molecule has 0 aliphatic heterocycles. The third-order valence-corrected chi connectivity index (χ3v) is 4.57. The van der Waals surface area contributed by atoms with Crippen molar-refractivity contribution in [1.29, 1.82) is 0 Å². The molecule has 0 fully saturated rings. The van der Waals surface area contributed by atoms with Crippen LogP contribution in [0.2, 0.25) is 0 Å². The van der Waals surface area contributed by atoms with Gasteiger partial charge in [0.15, 0.2) is 0 Å². The summed E-state index contributed by atoms with van der Waals surface area (Å²) in [5.41, 5.74) is 2.61. The minimum atomic E-state index is -0.0566. The minimum absolute atomic E-state index is 0.0526. The van der Waals surface area contributed by atoms with E-state index < -0.39 is 0 Å². The monoisotopic (exact) mass is 330 g/mol. The van der Waals surface area contributed by atoms with E-state index in [1.54, 1.807) is 12.1 Å². The number of nitrogens with one attached hydrogen (secondary N) is 2. The van der Waals surface area contributed by atoms with Gasteiger partial charge in [0.25, 0.3) is 11.8 Å². The van der Waals surface area contributed by atoms with Crippen molar-refractivity contribution in [3.05, 3.63) is 57.3 Å². The molecule has 1 aromatic carbocycles. The van der Waals surface area contributed by atoms with Gasteiger partial charge in [-0.3, -0.25) is 9.59 Å². The van der Waals surface area contributed by atoms with Gasteiger partial charge in [-0.25, -0.2) is 0 Å². The number of hydrogen-bond donors (Lipinski definition) is 2. The minimum Gasteiger partial charge on any atom is -0.352 e. The predicted octanol–water partition coefficient (Wildman–Crippen LogP) is 3.52. The molecule has 1 aromatic heterocycles. The zero-order valence-corrected chi connectivity index (χ0v) is 14.3. The van der Waals surface area contributed by atoms with E-state index >= 15 is 0 Å². The van der Waals surface area contributed by atoms with Crippen molar-refractivity contribution >= 4 is 23.2 Å². The number of benzene rings is 1. The number of amides is 2. The van der Waals surface area contributed by atoms with Gasteiger partial charge >= 0.3 is 0 Å². The van der Waals surface area contributed by atoms with Crippen molar-refractivity contribution in [1.82, 2.24) is 10.6 Å². The fraction of sp³-hybridized carbons (Fsp3) is 0.333. The molecule has 0 radical (unpaired) electrons. The van der Waals surface area contributed by atoms with Crippen LogP contribution in [-0.2, 0) is 6.54 Å². The zero-order valence-electron chi connectivity index (χ0n) is 13.5. The van der Waals surface area contributed by atoms with Gasteiger partial charge in [0, 0.05) is 18.7 Å². The van der Waals surface area contributed by atoms with Gasteiger partial charge in [-0.1, -0.05) is 25.5 Å². The number of carbonyl (C=O) groups is 2. The molecule has 122 valence electrons. The predicted molar refractivity (Wildman–Crippen MR) is 93.9 cm³/mol. The van der Waals surface area contributed by atoms with Gasteiger partial charge in [-0.15, -0.1) is 11.3 Å². The third-order valence-electron chi connectivity index (χ3n) is 3.55. The molecule has 2 rings (SSSR count). The van der Waals surface area contributed by atoms with Crippen molar-refractivity contribution < 1.29 is 9.59 Å². The topological polar surface area (TPSA) is 58.2 Å². The van der Waals surface area contributed by atoms with E-state index in [0.717, 1.165) is 28.8 Å². The average molecular weight is 330 g/mol. The molecule has 0 bridgehead atoms. The molecule has 0 unspecified atom stereocenters. The Bertz CT molecular complexity index is 662. The van der Waals surface area contributed by atoms with E-state index in [2.05, 4.69) is 17.6 Å². The molecule has 0 saturated heterocycles. The Morgan fingerprint density at radius 3 is 2.39 bits per heavy atom. The smallest absolute Gasteiger partial charge is 0.261 e. The van der Waals surface area contributed by atoms with Gasteiger partial charge in [0.05, 0.1) is 4.88 Å². The van der Waals surface area contributed by atoms with E-state index in [1.807, 2.05) is 30.5 Å². The van der Waals surface area contributed by atoms with Gasteiger partial charge in [-0.2, -0.15) is 0 Å². The quantitative estimate of drug-likeness (QED) is 0.763. The number of carbonyl (C=O) groups excluding carboxylic acids is 2. The van der Waals surface area contributed by atoms with Crippen molar-refractivity contribution in [3.8, 4) is 0 Å². The van der Waals surface area contributed by atoms with Gasteiger partial charge in [0.2, 0.25) is 0 Å². The van der Waals surface area contributed by atoms with Crippen molar-refractivity contribution in [3.63, 3.8) is 0 Å². The molecule has 2 N–H and O–H groups in total. The lowest BCUT2D eigenvalue weighted by molar-refractivity contribution is 0.0944. The molecule has 2 aromatic rings. The summed E-state index contributed by atoms with van der Waals surface area (Å²) in [5.74, 6) is -0.109. The molecule has 0 saturated carbocycles. The first-order valence-electron chi connectivity index (χ1n) is 7.81. The maximum atomic E-state index is 12.1. The van der Waals surface area contributed by atoms with Crippen LogP contribution in [-0.4, -0.2) is 18.4 Å². The Labute approximate surface area is 140 Å². The Balaban J connectivity index is 1.86. The lowest BCUT2D eigenvalue weighted by atomic mass is 10.1. The molecular weight excluding hydrogens is 308 g/mol. The van der Waals surface area contributed by atoms with E-state index in [9.17, 15) is 9.59 Å². The Hall–Kier alpha value is -2.14. The molecule has 5 heteroatoms. The SMILES string of the molecule is CCCCNC(=O)c1ccc(CNC(=O)c2sccc2C)cc1. The van der Waals surface area contributed by atoms with Crippen LogP contribution < -0.4 is 10.6 Å². The van der Waals surface area contributed by atoms with Crippen LogP contribution in [0, 0.1) is 6.92 Å². The van der Waals surface area contributed by atoms with E-state index in [4.69, 9.17) is 0 Å². The summed E-state index contributed by atoms with van der Waals surface area (Å²) in [6.45, 7) is 5.17. The van der Waals surface area contributed by atoms with Gasteiger partial charge < -0.3 is 10.6 Å². The summed E-state index contributed by atoms with van der Waals surface area (Å²) < 4.78 is 0. The first-order chi connectivity index (χ1) is 11.1. The number of thiophene rings is 1. The third kappa shape index (κ3) is 4.93. The number of hydrogen-bond acceptors (Lipinski definition) is 3. The van der Waals surface area contributed by atoms with Crippen LogP contribution in [0.5, 0.6) is 0 Å². The van der Waals surface area contributed by atoms with Crippen LogP contribution >= 0.6 is 11.3 Å². The summed E-state index contributed by atoms with van der Waals surface area (Å²) in [4.78, 5) is 24.7. The van der Waals surface area contributed by atoms with Gasteiger partial charge in [0.1, 0.15) is 0 Å². The second kappa shape index (κ2) is 8.48. The lowest BCUT2D eigenvalue weighted by Crippen LogP contribution is -2.24. The highest BCUT2D eigenvalue weighted by Gasteiger charge is 2.10. The number of unbranched alkanes of at least 4 members (excludes halogenated alkanes) is 1. The summed E-state index contributed by atoms with van der Waals surface area (Å²) in [6, 6.07) is 9.26. The number of rotatable bonds is 7. The second-order valence-electron chi connectivity index (χ2n) is 5.42. The maximum Gasteiger partial charge on any atom is 0.261 e. The first kappa shape index (κ1) is 17.2. The van der Waals surface area contributed by atoms with Crippen LogP contribution in [0.25, 0.3) is 0 Å². The van der Waals surface area contributed by atoms with E-state index in [1.165, 1.54) is 11.3 Å². The summed E-state index contributed by atoms with van der Waals surface area (Å²) in [6.07, 6.45) is 2.04. The second-order valence-corrected chi connectivity index (χ2v) is 6.34. The summed E-state index contributed by atoms with van der Waals surface area (Å²) in [7, 11) is 0. The first-order valence-corrected chi connectivity index (χ1v) is 8.69. The highest BCUT2D eigenvalue weighted by Crippen LogP contribution is 2.15. The van der Waals surface area contributed by atoms with Crippen LogP contribution in [0.1, 0.15) is 50.9 Å². The Morgan fingerprint density at radius 2 is 1.78 bits per heavy atom. The fourth-order valence-electron chi connectivity index (χ4n) is 2.12. The van der Waals surface area contributed by atoms with Crippen LogP contribution in [0.15, 0.2) is 35.7 Å². The van der Waals surface area contributed by atoms with E-state index in [-0.39, 0.29) is 11.8 Å². The lowest BCUT2D eigenvalue weighted by Gasteiger charge is -2.07. The molecule has 2 amide bonds. The average Bonchev–Trinajstić information content (AvgIpc) is 2.99. The largest absolute Gasteiger partial charge is 0.352 e. The van der Waals surface area contributed by atoms with Crippen LogP contribution in [0.4, 0.5) is 0 Å². The normalized spacial score (nSPS) is 10.3. The molecular formula is C18H22N2O2S. The molecule has 1 heterocycles. The zero-order chi connectivity index (χ0) is 16.7. The fourth-order valence-corrected chi connectivity index (χ4v) is 2.96. The van der Waals surface area contributed by atoms with Crippen molar-refractivity contribution in [2.75, 3.05) is 6.54 Å². The van der Waals surface area contributed by atoms with Crippen LogP contribution in [0.3, 0.4) is 0 Å². The summed E-state index contributed by atoms with van der Waals surface area (Å²) >= 11 is 1.44. The summed E-state index contributed by atoms with van der Waals surface area (Å²) in [5, 5.41) is 7.70. The molecule has 0 aliphatic rings. The van der Waals surface area contributed by atoms with Crippen molar-refractivity contribution in [2.45, 2.75) is 33.2 Å². The molecule has 0 aliphatic carbocycles. The molecule has 4 nitrogen and oxygen atoms in total. The highest BCUT2D eigenvalue weighted by molar-refractivity contribution is 7.12. The molecule has 0 spiro atoms. The standard InChI is InChI=1S/C18H22N2O2S/c1-3-4-10-19-17(21)15-7-5-14(6-8-15)12-20-18(22)16-13(2)9-11-23-16/h5-9,11H,3-4,10,12H2,1-2H3,(H,19,21)(H,20,22).